The molecule has 4 rings (SSSR count). The van der Waals surface area contributed by atoms with Gasteiger partial charge in [0.2, 0.25) is 5.95 Å². The molecule has 0 unspecified atom stereocenters. The first-order valence-electron chi connectivity index (χ1n) is 14.7. The Labute approximate surface area is 181 Å². The maximum atomic E-state index is 12.9. The second kappa shape index (κ2) is 7.26. The van der Waals surface area contributed by atoms with Gasteiger partial charge >= 0.3 is 0 Å². The number of fused-ring (bicyclic) bond motifs is 1. The molecule has 3 heterocycles. The van der Waals surface area contributed by atoms with Gasteiger partial charge < -0.3 is 29.4 Å². The van der Waals surface area contributed by atoms with Crippen LogP contribution in [0.2, 0.25) is 2.82 Å². The van der Waals surface area contributed by atoms with Crippen molar-refractivity contribution >= 4 is 28.6 Å². The van der Waals surface area contributed by atoms with Crippen molar-refractivity contribution in [2.75, 3.05) is 50.8 Å². The minimum atomic E-state index is -3.25. The number of hydrogen-bond acceptors (Lipinski definition) is 8. The van der Waals surface area contributed by atoms with E-state index in [-0.39, 0.29) is 11.5 Å². The van der Waals surface area contributed by atoms with Crippen molar-refractivity contribution in [2.45, 2.75) is 0 Å². The molecule has 1 aliphatic rings. The fourth-order valence-electron chi connectivity index (χ4n) is 2.48. The lowest BCUT2D eigenvalue weighted by Gasteiger charge is -2.34. The highest BCUT2D eigenvalue weighted by Crippen LogP contribution is 2.34. The first-order chi connectivity index (χ1) is 19.1. The molecule has 0 radical (unpaired) electrons. The molecule has 0 bridgehead atoms. The van der Waals surface area contributed by atoms with E-state index >= 15 is 0 Å². The smallest absolute Gasteiger partial charge is 0.289 e. The van der Waals surface area contributed by atoms with Gasteiger partial charge in [-0.3, -0.25) is 4.79 Å². The van der Waals surface area contributed by atoms with Crippen molar-refractivity contribution in [3.05, 3.63) is 36.2 Å². The number of nitrogens with zero attached hydrogens (tertiary/aromatic N) is 4. The number of methoxy groups -OCH3 is 2. The van der Waals surface area contributed by atoms with Crippen LogP contribution in [0.3, 0.4) is 0 Å². The number of piperazine rings is 1. The maximum absolute atomic E-state index is 12.9. The van der Waals surface area contributed by atoms with Gasteiger partial charge in [0.15, 0.2) is 20.1 Å². The first kappa shape index (κ1) is 7.86. The van der Waals surface area contributed by atoms with Gasteiger partial charge in [-0.15, -0.1) is 0 Å². The Morgan fingerprint density at radius 3 is 2.79 bits per heavy atom. The predicted molar refractivity (Wildman–Crippen MR) is 104 cm³/mol. The standard InChI is InChI=1S/C19H21N5O4/c1-26-15-10-12-13(11-16(15)27-2)21-19(22-17(12)20)24-7-5-23(6-8-24)18(25)14-4-3-9-28-14/h3-4,9-11H,5-8H2,1-2H3,(H2,20,21,22)/i1D3,2D3,5D2,6D2,10D,11D/hD2. The van der Waals surface area contributed by atoms with Crippen molar-refractivity contribution in [1.82, 2.24) is 14.9 Å². The molecule has 1 aliphatic heterocycles. The van der Waals surface area contributed by atoms with Crippen LogP contribution in [0.5, 0.6) is 11.5 Å². The molecule has 1 amide bonds. The van der Waals surface area contributed by atoms with Crippen LogP contribution in [-0.4, -0.2) is 60.9 Å². The van der Waals surface area contributed by atoms with E-state index in [0.717, 1.165) is 11.2 Å². The summed E-state index contributed by atoms with van der Waals surface area (Å²) in [6.07, 6.45) is 1.16. The summed E-state index contributed by atoms with van der Waals surface area (Å²) in [6, 6.07) is 0.737. The topological polar surface area (TPSA) is 107 Å². The summed E-state index contributed by atoms with van der Waals surface area (Å²) in [4.78, 5) is 22.2. The predicted octanol–water partition coefficient (Wildman–Crippen LogP) is 1.78. The van der Waals surface area contributed by atoms with Crippen LogP contribution in [-0.2, 0) is 0 Å². The summed E-state index contributed by atoms with van der Waals surface area (Å²) in [6.45, 7) is -6.94. The summed E-state index contributed by atoms with van der Waals surface area (Å²) < 4.78 is 126. The zero-order chi connectivity index (χ0) is 31.6. The third-order valence-electron chi connectivity index (χ3n) is 3.82. The Morgan fingerprint density at radius 1 is 1.32 bits per heavy atom. The second-order valence-corrected chi connectivity index (χ2v) is 5.47. The van der Waals surface area contributed by atoms with Crippen molar-refractivity contribution in [3.8, 4) is 11.5 Å². The Balaban J connectivity index is 1.91. The fourth-order valence-corrected chi connectivity index (χ4v) is 2.48. The van der Waals surface area contributed by atoms with Crippen molar-refractivity contribution in [1.29, 1.82) is 0 Å². The normalized spacial score (nSPS) is 26.0. The number of aromatic nitrogens is 2. The molecule has 146 valence electrons. The molecule has 28 heavy (non-hydrogen) atoms. The third kappa shape index (κ3) is 3.15. The van der Waals surface area contributed by atoms with Crippen LogP contribution < -0.4 is 20.1 Å². The molecule has 9 heteroatoms. The number of furan rings is 1. The number of carbonyl (C=O) groups excluding carboxylic acids is 1. The van der Waals surface area contributed by atoms with Crippen LogP contribution in [0.1, 0.15) is 27.0 Å². The van der Waals surface area contributed by atoms with Gasteiger partial charge in [0.1, 0.15) is 5.82 Å². The van der Waals surface area contributed by atoms with Gasteiger partial charge in [-0.2, -0.15) is 4.98 Å². The van der Waals surface area contributed by atoms with Crippen LogP contribution in [0.4, 0.5) is 11.8 Å². The van der Waals surface area contributed by atoms with E-state index in [4.69, 9.17) is 33.2 Å². The maximum Gasteiger partial charge on any atom is 0.289 e. The SMILES string of the molecule is [2H]c1c(OC([2H])([2H])[2H])c(OC([2H])([2H])[2H])c([2H])c2c(N([2H])[2H])nc(N3CC([2H])([2H])N(C(=O)c4ccco4)C([2H])([2H])C3)nc12. The van der Waals surface area contributed by atoms with Crippen molar-refractivity contribution in [3.63, 3.8) is 0 Å². The van der Waals surface area contributed by atoms with Gasteiger partial charge in [0, 0.05) is 37.5 Å². The van der Waals surface area contributed by atoms with E-state index in [1.807, 2.05) is 0 Å². The number of benzene rings is 1. The van der Waals surface area contributed by atoms with E-state index in [0.29, 0.717) is 4.90 Å². The highest BCUT2D eigenvalue weighted by atomic mass is 16.5. The van der Waals surface area contributed by atoms with E-state index < -0.39 is 92.3 Å². The number of anilines is 2. The molecule has 1 fully saturated rings. The van der Waals surface area contributed by atoms with Gasteiger partial charge in [-0.1, -0.05) is 0 Å². The average molecular weight is 397 g/mol. The molecule has 2 aromatic heterocycles. The van der Waals surface area contributed by atoms with Crippen molar-refractivity contribution < 1.29 is 38.0 Å². The number of amides is 1. The lowest BCUT2D eigenvalue weighted by Crippen LogP contribution is -2.49. The zero-order valence-corrected chi connectivity index (χ0v) is 14.0. The first-order valence-corrected chi connectivity index (χ1v) is 7.77. The number of nitrogens with two attached hydrogens (primary N) is 1. The summed E-state index contributed by atoms with van der Waals surface area (Å²) in [5.41, 5.74) is -0.731. The van der Waals surface area contributed by atoms with Gasteiger partial charge in [0.25, 0.3) is 5.91 Å². The molecule has 0 aliphatic carbocycles. The van der Waals surface area contributed by atoms with E-state index in [1.54, 1.807) is 0 Å². The minimum Gasteiger partial charge on any atom is -0.493 e. The third-order valence-corrected chi connectivity index (χ3v) is 3.82. The Hall–Kier alpha value is -3.49. The van der Waals surface area contributed by atoms with Crippen LogP contribution >= 0.6 is 0 Å². The molecule has 9 nitrogen and oxygen atoms in total. The Morgan fingerprint density at radius 2 is 2.11 bits per heavy atom. The summed E-state index contributed by atoms with van der Waals surface area (Å²) >= 11 is 0. The number of hydrogen-bond donors (Lipinski definition) is 1. The van der Waals surface area contributed by atoms with Crippen LogP contribution in [0, 0.1) is 0 Å². The molecular weight excluding hydrogens is 362 g/mol. The van der Waals surface area contributed by atoms with Crippen molar-refractivity contribution in [2.24, 2.45) is 0 Å². The molecule has 1 saturated heterocycles. The Kier molecular flexibility index (Phi) is 2.04. The molecule has 0 saturated carbocycles. The highest BCUT2D eigenvalue weighted by molar-refractivity contribution is 5.92. The largest absolute Gasteiger partial charge is 0.493 e. The molecule has 1 aromatic carbocycles. The van der Waals surface area contributed by atoms with E-state index in [9.17, 15) is 4.79 Å². The highest BCUT2D eigenvalue weighted by Gasteiger charge is 2.25. The number of rotatable bonds is 5. The number of nitrogen functional groups attached to an aromatic ring is 1. The van der Waals surface area contributed by atoms with E-state index in [2.05, 4.69) is 9.97 Å². The minimum absolute atomic E-state index is 0.117. The lowest BCUT2D eigenvalue weighted by atomic mass is 10.2. The summed E-state index contributed by atoms with van der Waals surface area (Å²) in [7, 11) is -6.49. The molecule has 0 atom stereocenters. The number of ether oxygens (including phenoxy) is 2. The van der Waals surface area contributed by atoms with Gasteiger partial charge in [-0.25, -0.2) is 4.98 Å². The summed E-state index contributed by atoms with van der Waals surface area (Å²) in [5.74, 6) is -4.73. The summed E-state index contributed by atoms with van der Waals surface area (Å²) in [5, 5.41) is -0.580. The molecular formula is C19H21N5O4. The van der Waals surface area contributed by atoms with Crippen LogP contribution in [0.15, 0.2) is 34.9 Å². The van der Waals surface area contributed by atoms with Gasteiger partial charge in [0.05, 0.1) is 42.3 Å². The zero-order valence-electron chi connectivity index (χ0n) is 28.0. The van der Waals surface area contributed by atoms with Crippen LogP contribution in [0.25, 0.3) is 10.9 Å². The number of carbonyl (C=O) groups is 1. The average Bonchev–Trinajstić information content (AvgIpc) is 3.36. The lowest BCUT2D eigenvalue weighted by molar-refractivity contribution is 0.0714. The Bertz CT molecular complexity index is 1490. The molecule has 2 N–H and O–H groups in total. The van der Waals surface area contributed by atoms with Gasteiger partial charge in [-0.05, 0) is 18.2 Å². The fraction of sp³-hybridized carbons (Fsp3) is 0.316. The van der Waals surface area contributed by atoms with E-state index in [1.165, 1.54) is 12.1 Å². The monoisotopic (exact) mass is 397 g/mol. The second-order valence-electron chi connectivity index (χ2n) is 5.47. The quantitative estimate of drug-likeness (QED) is 0.694. The molecule has 0 spiro atoms. The molecule has 3 aromatic rings.